The number of nitrogens with zero attached hydrogens (tertiary/aromatic N) is 3. The van der Waals surface area contributed by atoms with Crippen molar-refractivity contribution < 1.29 is 0 Å². The lowest BCUT2D eigenvalue weighted by atomic mass is 10.2. The summed E-state index contributed by atoms with van der Waals surface area (Å²) >= 11 is 0. The number of pyridine rings is 1. The Labute approximate surface area is 75.8 Å². The van der Waals surface area contributed by atoms with Crippen molar-refractivity contribution >= 4 is 10.9 Å². The number of aromatic nitrogens is 3. The Morgan fingerprint density at radius 2 is 2.23 bits per heavy atom. The van der Waals surface area contributed by atoms with Gasteiger partial charge in [-0.2, -0.15) is 0 Å². The van der Waals surface area contributed by atoms with Gasteiger partial charge in [0.15, 0.2) is 0 Å². The fourth-order valence-electron chi connectivity index (χ4n) is 1.27. The summed E-state index contributed by atoms with van der Waals surface area (Å²) < 4.78 is 0. The number of nitrogens with two attached hydrogens (primary N) is 1. The van der Waals surface area contributed by atoms with Crippen LogP contribution < -0.4 is 5.73 Å². The van der Waals surface area contributed by atoms with E-state index in [1.807, 2.05) is 13.0 Å². The topological polar surface area (TPSA) is 64.7 Å². The van der Waals surface area contributed by atoms with E-state index in [2.05, 4.69) is 15.0 Å². The van der Waals surface area contributed by atoms with Crippen LogP contribution in [0.2, 0.25) is 0 Å². The van der Waals surface area contributed by atoms with Gasteiger partial charge in [0, 0.05) is 24.3 Å². The second-order valence-electron chi connectivity index (χ2n) is 2.81. The van der Waals surface area contributed by atoms with Crippen LogP contribution >= 0.6 is 0 Å². The molecular weight excluding hydrogens is 164 g/mol. The molecule has 13 heavy (non-hydrogen) atoms. The summed E-state index contributed by atoms with van der Waals surface area (Å²) in [5, 5.41) is 0.940. The zero-order chi connectivity index (χ0) is 9.26. The van der Waals surface area contributed by atoms with E-state index in [0.29, 0.717) is 6.54 Å². The zero-order valence-corrected chi connectivity index (χ0v) is 7.36. The Morgan fingerprint density at radius 1 is 1.38 bits per heavy atom. The summed E-state index contributed by atoms with van der Waals surface area (Å²) in [6, 6.07) is 1.86. The van der Waals surface area contributed by atoms with Gasteiger partial charge in [0.05, 0.1) is 11.2 Å². The number of aryl methyl sites for hydroxylation is 1. The molecule has 2 aromatic heterocycles. The normalized spacial score (nSPS) is 10.6. The van der Waals surface area contributed by atoms with Crippen LogP contribution in [0.4, 0.5) is 0 Å². The van der Waals surface area contributed by atoms with Crippen LogP contribution in [-0.4, -0.2) is 15.0 Å². The SMILES string of the molecule is Cc1ncc2c(CN)nccc2n1. The third kappa shape index (κ3) is 1.36. The van der Waals surface area contributed by atoms with Gasteiger partial charge in [0.2, 0.25) is 0 Å². The van der Waals surface area contributed by atoms with Crippen molar-refractivity contribution in [3.63, 3.8) is 0 Å². The van der Waals surface area contributed by atoms with Crippen molar-refractivity contribution in [3.05, 3.63) is 30.0 Å². The van der Waals surface area contributed by atoms with Gasteiger partial charge < -0.3 is 5.73 Å². The highest BCUT2D eigenvalue weighted by atomic mass is 14.9. The van der Waals surface area contributed by atoms with Crippen molar-refractivity contribution in [1.29, 1.82) is 0 Å². The highest BCUT2D eigenvalue weighted by molar-refractivity contribution is 5.79. The van der Waals surface area contributed by atoms with Crippen LogP contribution in [0, 0.1) is 6.92 Å². The maximum atomic E-state index is 5.54. The maximum Gasteiger partial charge on any atom is 0.125 e. The van der Waals surface area contributed by atoms with Crippen LogP contribution in [0.3, 0.4) is 0 Å². The van der Waals surface area contributed by atoms with E-state index in [0.717, 1.165) is 22.4 Å². The quantitative estimate of drug-likeness (QED) is 0.694. The van der Waals surface area contributed by atoms with Crippen molar-refractivity contribution in [2.24, 2.45) is 5.73 Å². The van der Waals surface area contributed by atoms with Crippen LogP contribution in [0.5, 0.6) is 0 Å². The van der Waals surface area contributed by atoms with Gasteiger partial charge in [-0.1, -0.05) is 0 Å². The van der Waals surface area contributed by atoms with E-state index in [1.165, 1.54) is 0 Å². The lowest BCUT2D eigenvalue weighted by Crippen LogP contribution is -2.01. The monoisotopic (exact) mass is 174 g/mol. The van der Waals surface area contributed by atoms with Gasteiger partial charge in [0.25, 0.3) is 0 Å². The van der Waals surface area contributed by atoms with Crippen molar-refractivity contribution in [2.75, 3.05) is 0 Å². The molecule has 0 spiro atoms. The summed E-state index contributed by atoms with van der Waals surface area (Å²) in [4.78, 5) is 12.5. The van der Waals surface area contributed by atoms with Gasteiger partial charge in [-0.3, -0.25) is 4.98 Å². The van der Waals surface area contributed by atoms with Gasteiger partial charge in [0.1, 0.15) is 5.82 Å². The highest BCUT2D eigenvalue weighted by Crippen LogP contribution is 2.12. The number of fused-ring (bicyclic) bond motifs is 1. The van der Waals surface area contributed by atoms with Gasteiger partial charge >= 0.3 is 0 Å². The molecule has 2 heterocycles. The first kappa shape index (κ1) is 8.07. The molecule has 0 saturated heterocycles. The first-order chi connectivity index (χ1) is 6.31. The Kier molecular flexibility index (Phi) is 1.90. The molecule has 0 aliphatic heterocycles. The lowest BCUT2D eigenvalue weighted by Gasteiger charge is -2.01. The molecular formula is C9H10N4. The average molecular weight is 174 g/mol. The molecule has 0 aliphatic rings. The van der Waals surface area contributed by atoms with Crippen LogP contribution in [0.1, 0.15) is 11.5 Å². The molecule has 0 aliphatic carbocycles. The molecule has 0 amide bonds. The van der Waals surface area contributed by atoms with E-state index in [1.54, 1.807) is 12.4 Å². The third-order valence-electron chi connectivity index (χ3n) is 1.91. The molecule has 2 aromatic rings. The maximum absolute atomic E-state index is 5.54. The van der Waals surface area contributed by atoms with E-state index in [-0.39, 0.29) is 0 Å². The summed E-state index contributed by atoms with van der Waals surface area (Å²) in [5.74, 6) is 0.765. The molecule has 0 fully saturated rings. The van der Waals surface area contributed by atoms with E-state index < -0.39 is 0 Å². The molecule has 0 atom stereocenters. The highest BCUT2D eigenvalue weighted by Gasteiger charge is 2.01. The van der Waals surface area contributed by atoms with E-state index in [9.17, 15) is 0 Å². The summed E-state index contributed by atoms with van der Waals surface area (Å²) in [5.41, 5.74) is 7.29. The molecule has 2 rings (SSSR count). The fourth-order valence-corrected chi connectivity index (χ4v) is 1.27. The number of rotatable bonds is 1. The van der Waals surface area contributed by atoms with E-state index in [4.69, 9.17) is 5.73 Å². The molecule has 0 bridgehead atoms. The lowest BCUT2D eigenvalue weighted by molar-refractivity contribution is 0.996. The average Bonchev–Trinajstić information content (AvgIpc) is 2.16. The standard InChI is InChI=1S/C9H10N4/c1-6-12-5-7-8(13-6)2-3-11-9(7)4-10/h2-3,5H,4,10H2,1H3. The second kappa shape index (κ2) is 3.06. The van der Waals surface area contributed by atoms with Crippen molar-refractivity contribution in [2.45, 2.75) is 13.5 Å². The second-order valence-corrected chi connectivity index (χ2v) is 2.81. The van der Waals surface area contributed by atoms with E-state index >= 15 is 0 Å². The molecule has 66 valence electrons. The van der Waals surface area contributed by atoms with Crippen LogP contribution in [0.15, 0.2) is 18.5 Å². The predicted molar refractivity (Wildman–Crippen MR) is 50.0 cm³/mol. The van der Waals surface area contributed by atoms with Crippen molar-refractivity contribution in [3.8, 4) is 0 Å². The Bertz CT molecular complexity index is 439. The molecule has 0 saturated carbocycles. The van der Waals surface area contributed by atoms with Gasteiger partial charge in [-0.25, -0.2) is 9.97 Å². The Morgan fingerprint density at radius 3 is 3.00 bits per heavy atom. The minimum absolute atomic E-state index is 0.420. The molecule has 4 nitrogen and oxygen atoms in total. The smallest absolute Gasteiger partial charge is 0.125 e. The molecule has 0 radical (unpaired) electrons. The third-order valence-corrected chi connectivity index (χ3v) is 1.91. The van der Waals surface area contributed by atoms with Gasteiger partial charge in [-0.05, 0) is 13.0 Å². The predicted octanol–water partition coefficient (Wildman–Crippen LogP) is 0.792. The number of hydrogen-bond donors (Lipinski definition) is 1. The Balaban J connectivity index is 2.77. The molecule has 2 N–H and O–H groups in total. The fraction of sp³-hybridized carbons (Fsp3) is 0.222. The first-order valence-electron chi connectivity index (χ1n) is 4.08. The molecule has 0 aromatic carbocycles. The minimum atomic E-state index is 0.420. The Hall–Kier alpha value is -1.55. The minimum Gasteiger partial charge on any atom is -0.325 e. The van der Waals surface area contributed by atoms with Crippen LogP contribution in [-0.2, 0) is 6.54 Å². The number of hydrogen-bond acceptors (Lipinski definition) is 4. The van der Waals surface area contributed by atoms with Gasteiger partial charge in [-0.15, -0.1) is 0 Å². The molecule has 0 unspecified atom stereocenters. The summed E-state index contributed by atoms with van der Waals surface area (Å²) in [6.45, 7) is 2.28. The summed E-state index contributed by atoms with van der Waals surface area (Å²) in [6.07, 6.45) is 3.49. The summed E-state index contributed by atoms with van der Waals surface area (Å²) in [7, 11) is 0. The molecule has 4 heteroatoms. The van der Waals surface area contributed by atoms with Crippen LogP contribution in [0.25, 0.3) is 10.9 Å². The largest absolute Gasteiger partial charge is 0.325 e. The first-order valence-corrected chi connectivity index (χ1v) is 4.08. The van der Waals surface area contributed by atoms with Crippen molar-refractivity contribution in [1.82, 2.24) is 15.0 Å². The zero-order valence-electron chi connectivity index (χ0n) is 7.36.